The number of rotatable bonds is 24. The number of likely N-dealkylation sites (tertiary alicyclic amines) is 1. The van der Waals surface area contributed by atoms with E-state index in [4.69, 9.17) is 22.9 Å². The maximum atomic E-state index is 12.9. The second kappa shape index (κ2) is 23.2. The van der Waals surface area contributed by atoms with E-state index < -0.39 is 41.9 Å². The third kappa shape index (κ3) is 16.7. The molecule has 1 aliphatic heterocycles. The minimum atomic E-state index is -0.865. The van der Waals surface area contributed by atoms with Crippen LogP contribution in [0.1, 0.15) is 111 Å². The summed E-state index contributed by atoms with van der Waals surface area (Å²) >= 11 is 0. The number of hydrogen-bond acceptors (Lipinski definition) is 7. The van der Waals surface area contributed by atoms with Gasteiger partial charge in [0.2, 0.25) is 35.4 Å². The summed E-state index contributed by atoms with van der Waals surface area (Å²) < 4.78 is 0. The molecule has 15 heteroatoms. The van der Waals surface area contributed by atoms with Gasteiger partial charge >= 0.3 is 0 Å². The summed E-state index contributed by atoms with van der Waals surface area (Å²) in [5, 5.41) is 8.16. The lowest BCUT2D eigenvalue weighted by molar-refractivity contribution is -0.139. The zero-order valence-corrected chi connectivity index (χ0v) is 29.9. The van der Waals surface area contributed by atoms with Crippen molar-refractivity contribution in [3.05, 3.63) is 12.2 Å². The standard InChI is InChI=1S/C34H61N9O6/c1-5-23(4)29(31(36)47)42-33(49)25-17-15-21-43(25)27(45)19-13-11-9-7-6-8-10-12-18-26(44)40-24(16-14-20-39-34(37)38)32(48)41-28(22(2)3)30(35)46/h8,10,22-25,28-29H,5-7,9,11-21H2,1-4H3,(H2,35,46)(H2,36,47)(H,40,44)(H,41,48)(H,42,49)(H4,37,38,39). The fraction of sp³-hybridized carbons (Fsp3) is 0.735. The second-order valence-corrected chi connectivity index (χ2v) is 13.2. The zero-order valence-electron chi connectivity index (χ0n) is 29.9. The van der Waals surface area contributed by atoms with Gasteiger partial charge in [0.15, 0.2) is 5.96 Å². The van der Waals surface area contributed by atoms with Gasteiger partial charge in [-0.25, -0.2) is 0 Å². The number of amides is 6. The molecule has 1 fully saturated rings. The predicted molar refractivity (Wildman–Crippen MR) is 189 cm³/mol. The Balaban J connectivity index is 2.41. The smallest absolute Gasteiger partial charge is 0.243 e. The Hall–Kier alpha value is -4.17. The summed E-state index contributed by atoms with van der Waals surface area (Å²) in [4.78, 5) is 80.4. The van der Waals surface area contributed by atoms with Crippen LogP contribution in [0.4, 0.5) is 0 Å². The van der Waals surface area contributed by atoms with Gasteiger partial charge in [0.25, 0.3) is 0 Å². The van der Waals surface area contributed by atoms with Crippen molar-refractivity contribution in [1.82, 2.24) is 20.9 Å². The average Bonchev–Trinajstić information content (AvgIpc) is 3.54. The summed E-state index contributed by atoms with van der Waals surface area (Å²) in [7, 11) is 0. The van der Waals surface area contributed by atoms with Crippen LogP contribution < -0.4 is 38.9 Å². The number of nitrogens with zero attached hydrogens (tertiary/aromatic N) is 2. The van der Waals surface area contributed by atoms with Gasteiger partial charge in [-0.15, -0.1) is 0 Å². The predicted octanol–water partition coefficient (Wildman–Crippen LogP) is 0.835. The highest BCUT2D eigenvalue weighted by Crippen LogP contribution is 2.21. The Morgan fingerprint density at radius 1 is 0.816 bits per heavy atom. The van der Waals surface area contributed by atoms with E-state index in [0.29, 0.717) is 45.2 Å². The minimum Gasteiger partial charge on any atom is -0.370 e. The van der Waals surface area contributed by atoms with Gasteiger partial charge < -0.3 is 43.8 Å². The molecule has 15 nitrogen and oxygen atoms in total. The van der Waals surface area contributed by atoms with Crippen LogP contribution >= 0.6 is 0 Å². The third-order valence-electron chi connectivity index (χ3n) is 8.78. The van der Waals surface area contributed by atoms with Gasteiger partial charge in [0.1, 0.15) is 24.2 Å². The maximum absolute atomic E-state index is 12.9. The SMILES string of the molecule is CCC(C)C(NC(=O)C1CCCN1C(=O)CCCCCCC=CCCC(=O)NC(CCCN=C(N)N)C(=O)NC(C(N)=O)C(C)C)C(N)=O. The number of carbonyl (C=O) groups excluding carboxylic acids is 6. The molecule has 1 heterocycles. The Bertz CT molecular complexity index is 1150. The van der Waals surface area contributed by atoms with Crippen molar-refractivity contribution < 1.29 is 28.8 Å². The summed E-state index contributed by atoms with van der Waals surface area (Å²) in [6.07, 6.45) is 12.1. The number of unbranched alkanes of at least 4 members (excludes halogenated alkanes) is 4. The van der Waals surface area contributed by atoms with Crippen molar-refractivity contribution >= 4 is 41.4 Å². The van der Waals surface area contributed by atoms with E-state index in [0.717, 1.165) is 38.5 Å². The highest BCUT2D eigenvalue weighted by Gasteiger charge is 2.36. The van der Waals surface area contributed by atoms with Crippen LogP contribution in [-0.2, 0) is 28.8 Å². The highest BCUT2D eigenvalue weighted by molar-refractivity contribution is 5.93. The van der Waals surface area contributed by atoms with Gasteiger partial charge in [-0.05, 0) is 63.2 Å². The van der Waals surface area contributed by atoms with Gasteiger partial charge in [-0.1, -0.05) is 59.1 Å². The molecule has 0 saturated carbocycles. The molecule has 0 radical (unpaired) electrons. The van der Waals surface area contributed by atoms with Crippen LogP contribution in [-0.4, -0.2) is 83.6 Å². The van der Waals surface area contributed by atoms with Gasteiger partial charge in [-0.2, -0.15) is 0 Å². The Morgan fingerprint density at radius 3 is 2.08 bits per heavy atom. The number of guanidine groups is 1. The summed E-state index contributed by atoms with van der Waals surface area (Å²) in [5.41, 5.74) is 21.6. The number of allylic oxidation sites excluding steroid dienone is 2. The lowest BCUT2D eigenvalue weighted by Gasteiger charge is -2.27. The normalized spacial score (nSPS) is 16.8. The second-order valence-electron chi connectivity index (χ2n) is 13.2. The first-order chi connectivity index (χ1) is 23.2. The molecule has 0 aromatic carbocycles. The zero-order chi connectivity index (χ0) is 36.9. The van der Waals surface area contributed by atoms with E-state index in [1.807, 2.05) is 26.0 Å². The molecule has 49 heavy (non-hydrogen) atoms. The van der Waals surface area contributed by atoms with Crippen LogP contribution in [0.5, 0.6) is 0 Å². The lowest BCUT2D eigenvalue weighted by Crippen LogP contribution is -2.54. The van der Waals surface area contributed by atoms with Crippen molar-refractivity contribution in [2.24, 2.45) is 39.8 Å². The summed E-state index contributed by atoms with van der Waals surface area (Å²) in [6, 6.07) is -3.04. The van der Waals surface area contributed by atoms with Crippen LogP contribution in [0.15, 0.2) is 17.1 Å². The number of carbonyl (C=O) groups is 6. The molecule has 0 aromatic heterocycles. The average molecular weight is 692 g/mol. The Kier molecular flexibility index (Phi) is 20.3. The van der Waals surface area contributed by atoms with Crippen LogP contribution in [0.25, 0.3) is 0 Å². The molecular formula is C34H61N9O6. The number of hydrogen-bond donors (Lipinski definition) is 7. The number of aliphatic imine (C=N–C) groups is 1. The maximum Gasteiger partial charge on any atom is 0.243 e. The first-order valence-electron chi connectivity index (χ1n) is 17.7. The van der Waals surface area contributed by atoms with Crippen molar-refractivity contribution in [2.75, 3.05) is 13.1 Å². The molecule has 0 spiro atoms. The van der Waals surface area contributed by atoms with Crippen molar-refractivity contribution in [3.8, 4) is 0 Å². The largest absolute Gasteiger partial charge is 0.370 e. The van der Waals surface area contributed by atoms with Crippen molar-refractivity contribution in [1.29, 1.82) is 0 Å². The molecule has 5 atom stereocenters. The number of primary amides is 2. The van der Waals surface area contributed by atoms with E-state index in [1.165, 1.54) is 0 Å². The third-order valence-corrected chi connectivity index (χ3v) is 8.78. The molecule has 6 amide bonds. The monoisotopic (exact) mass is 691 g/mol. The molecule has 1 saturated heterocycles. The molecule has 0 aromatic rings. The number of nitrogens with one attached hydrogen (secondary N) is 3. The molecular weight excluding hydrogens is 630 g/mol. The Labute approximate surface area is 291 Å². The first-order valence-corrected chi connectivity index (χ1v) is 17.7. The van der Waals surface area contributed by atoms with E-state index in [9.17, 15) is 28.8 Å². The van der Waals surface area contributed by atoms with Gasteiger partial charge in [0.05, 0.1) is 0 Å². The molecule has 0 aliphatic carbocycles. The minimum absolute atomic E-state index is 0.0453. The molecule has 0 bridgehead atoms. The summed E-state index contributed by atoms with van der Waals surface area (Å²) in [5.74, 6) is -2.73. The molecule has 11 N–H and O–H groups in total. The van der Waals surface area contributed by atoms with E-state index in [2.05, 4.69) is 20.9 Å². The van der Waals surface area contributed by atoms with Crippen LogP contribution in [0, 0.1) is 11.8 Å². The van der Waals surface area contributed by atoms with Crippen LogP contribution in [0.3, 0.4) is 0 Å². The molecule has 278 valence electrons. The van der Waals surface area contributed by atoms with E-state index in [-0.39, 0.29) is 48.4 Å². The van der Waals surface area contributed by atoms with E-state index in [1.54, 1.807) is 18.7 Å². The van der Waals surface area contributed by atoms with Crippen LogP contribution in [0.2, 0.25) is 0 Å². The van der Waals surface area contributed by atoms with Crippen molar-refractivity contribution in [3.63, 3.8) is 0 Å². The molecule has 1 aliphatic rings. The fourth-order valence-corrected chi connectivity index (χ4v) is 5.66. The molecule has 5 unspecified atom stereocenters. The topological polar surface area (TPSA) is 258 Å². The lowest BCUT2D eigenvalue weighted by atomic mass is 9.98. The van der Waals surface area contributed by atoms with Gasteiger partial charge in [0, 0.05) is 25.9 Å². The fourth-order valence-electron chi connectivity index (χ4n) is 5.66. The Morgan fingerprint density at radius 2 is 1.47 bits per heavy atom. The summed E-state index contributed by atoms with van der Waals surface area (Å²) in [6.45, 7) is 8.15. The first kappa shape index (κ1) is 42.9. The van der Waals surface area contributed by atoms with E-state index >= 15 is 0 Å². The highest BCUT2D eigenvalue weighted by atomic mass is 16.2. The number of nitrogens with two attached hydrogens (primary N) is 4. The van der Waals surface area contributed by atoms with Crippen molar-refractivity contribution in [2.45, 2.75) is 135 Å². The quantitative estimate of drug-likeness (QED) is 0.0329. The molecule has 1 rings (SSSR count). The van der Waals surface area contributed by atoms with Gasteiger partial charge in [-0.3, -0.25) is 33.8 Å².